The van der Waals surface area contributed by atoms with Crippen LogP contribution in [0.4, 0.5) is 0 Å². The predicted octanol–water partition coefficient (Wildman–Crippen LogP) is 2.76. The Bertz CT molecular complexity index is 519. The molecule has 1 aliphatic heterocycles. The van der Waals surface area contributed by atoms with Crippen molar-refractivity contribution in [1.82, 2.24) is 15.0 Å². The van der Waals surface area contributed by atoms with Crippen molar-refractivity contribution in [3.05, 3.63) is 22.7 Å². The molecule has 0 amide bonds. The molecule has 1 aromatic carbocycles. The zero-order chi connectivity index (χ0) is 11.7. The summed E-state index contributed by atoms with van der Waals surface area (Å²) < 4.78 is 8.72. The van der Waals surface area contributed by atoms with Crippen molar-refractivity contribution in [1.29, 1.82) is 0 Å². The Morgan fingerprint density at radius 3 is 3.18 bits per heavy atom. The first kappa shape index (κ1) is 11.2. The third-order valence-electron chi connectivity index (χ3n) is 3.13. The molecule has 90 valence electrons. The Morgan fingerprint density at radius 1 is 1.41 bits per heavy atom. The second-order valence-corrected chi connectivity index (χ2v) is 5.31. The van der Waals surface area contributed by atoms with E-state index in [0.29, 0.717) is 0 Å². The van der Waals surface area contributed by atoms with Crippen molar-refractivity contribution in [2.24, 2.45) is 0 Å². The van der Waals surface area contributed by atoms with Crippen LogP contribution in [0.5, 0.6) is 0 Å². The fraction of sp³-hybridized carbons (Fsp3) is 0.500. The van der Waals surface area contributed by atoms with Gasteiger partial charge in [-0.25, -0.2) is 4.68 Å². The Hall–Kier alpha value is -0.940. The summed E-state index contributed by atoms with van der Waals surface area (Å²) in [6.07, 6.45) is 3.84. The fourth-order valence-electron chi connectivity index (χ4n) is 2.22. The van der Waals surface area contributed by atoms with Crippen molar-refractivity contribution < 1.29 is 4.74 Å². The minimum atomic E-state index is 0.285. The molecule has 0 bridgehead atoms. The maximum absolute atomic E-state index is 5.73. The van der Waals surface area contributed by atoms with Crippen LogP contribution in [0.25, 0.3) is 11.0 Å². The van der Waals surface area contributed by atoms with Gasteiger partial charge in [-0.05, 0) is 37.5 Å². The molecule has 2 heterocycles. The van der Waals surface area contributed by atoms with Gasteiger partial charge in [0.1, 0.15) is 5.52 Å². The van der Waals surface area contributed by atoms with Gasteiger partial charge >= 0.3 is 0 Å². The van der Waals surface area contributed by atoms with Crippen molar-refractivity contribution in [3.8, 4) is 0 Å². The third kappa shape index (κ3) is 2.35. The summed E-state index contributed by atoms with van der Waals surface area (Å²) >= 11 is 3.48. The SMILES string of the molecule is Brc1ccc2nnn(CC3CCCCO3)c2c1. The van der Waals surface area contributed by atoms with E-state index in [2.05, 4.69) is 32.3 Å². The van der Waals surface area contributed by atoms with Crippen molar-refractivity contribution in [3.63, 3.8) is 0 Å². The second kappa shape index (κ2) is 4.74. The second-order valence-electron chi connectivity index (χ2n) is 4.39. The quantitative estimate of drug-likeness (QED) is 0.855. The Balaban J connectivity index is 1.86. The molecule has 4 nitrogen and oxygen atoms in total. The van der Waals surface area contributed by atoms with E-state index >= 15 is 0 Å². The Labute approximate surface area is 108 Å². The first-order chi connectivity index (χ1) is 8.33. The molecule has 1 aliphatic rings. The first-order valence-electron chi connectivity index (χ1n) is 5.93. The maximum Gasteiger partial charge on any atom is 0.113 e. The average molecular weight is 296 g/mol. The number of fused-ring (bicyclic) bond motifs is 1. The van der Waals surface area contributed by atoms with E-state index in [4.69, 9.17) is 4.74 Å². The van der Waals surface area contributed by atoms with Gasteiger partial charge in [-0.15, -0.1) is 5.10 Å². The summed E-state index contributed by atoms with van der Waals surface area (Å²) in [6.45, 7) is 1.67. The molecule has 1 aromatic heterocycles. The molecule has 1 fully saturated rings. The highest BCUT2D eigenvalue weighted by atomic mass is 79.9. The van der Waals surface area contributed by atoms with Gasteiger partial charge in [-0.1, -0.05) is 21.1 Å². The highest BCUT2D eigenvalue weighted by molar-refractivity contribution is 9.10. The van der Waals surface area contributed by atoms with Gasteiger partial charge < -0.3 is 4.74 Å². The number of hydrogen-bond donors (Lipinski definition) is 0. The summed E-state index contributed by atoms with van der Waals surface area (Å²) in [7, 11) is 0. The lowest BCUT2D eigenvalue weighted by Gasteiger charge is -2.22. The number of hydrogen-bond acceptors (Lipinski definition) is 3. The van der Waals surface area contributed by atoms with Gasteiger partial charge in [0.25, 0.3) is 0 Å². The topological polar surface area (TPSA) is 39.9 Å². The number of nitrogens with zero attached hydrogens (tertiary/aromatic N) is 3. The summed E-state index contributed by atoms with van der Waals surface area (Å²) in [5.41, 5.74) is 2.00. The van der Waals surface area contributed by atoms with E-state index in [0.717, 1.165) is 35.1 Å². The minimum Gasteiger partial charge on any atom is -0.376 e. The van der Waals surface area contributed by atoms with Gasteiger partial charge in [-0.2, -0.15) is 0 Å². The lowest BCUT2D eigenvalue weighted by molar-refractivity contribution is 0.00443. The van der Waals surface area contributed by atoms with E-state index in [-0.39, 0.29) is 6.10 Å². The van der Waals surface area contributed by atoms with E-state index in [1.165, 1.54) is 12.8 Å². The van der Waals surface area contributed by atoms with Crippen LogP contribution in [-0.2, 0) is 11.3 Å². The molecule has 17 heavy (non-hydrogen) atoms. The van der Waals surface area contributed by atoms with Gasteiger partial charge in [0.2, 0.25) is 0 Å². The zero-order valence-corrected chi connectivity index (χ0v) is 11.1. The normalized spacial score (nSPS) is 20.9. The van der Waals surface area contributed by atoms with Gasteiger partial charge in [0.15, 0.2) is 0 Å². The molecule has 0 radical (unpaired) electrons. The van der Waals surface area contributed by atoms with Crippen LogP contribution in [0, 0.1) is 0 Å². The molecule has 0 aliphatic carbocycles. The lowest BCUT2D eigenvalue weighted by atomic mass is 10.1. The number of aromatic nitrogens is 3. The fourth-order valence-corrected chi connectivity index (χ4v) is 2.57. The van der Waals surface area contributed by atoms with Crippen LogP contribution in [0.2, 0.25) is 0 Å². The standard InChI is InChI=1S/C12H14BrN3O/c13-9-4-5-11-12(7-9)16(15-14-11)8-10-3-1-2-6-17-10/h4-5,7,10H,1-3,6,8H2. The number of halogens is 1. The predicted molar refractivity (Wildman–Crippen MR) is 68.8 cm³/mol. The number of benzene rings is 1. The number of rotatable bonds is 2. The smallest absolute Gasteiger partial charge is 0.113 e. The van der Waals surface area contributed by atoms with Crippen LogP contribution in [0.15, 0.2) is 22.7 Å². The Morgan fingerprint density at radius 2 is 2.35 bits per heavy atom. The molecule has 2 aromatic rings. The Kier molecular flexibility index (Phi) is 3.11. The van der Waals surface area contributed by atoms with Crippen LogP contribution in [0.3, 0.4) is 0 Å². The molecule has 5 heteroatoms. The third-order valence-corrected chi connectivity index (χ3v) is 3.62. The number of ether oxygens (including phenoxy) is 1. The van der Waals surface area contributed by atoms with Gasteiger partial charge in [0, 0.05) is 11.1 Å². The maximum atomic E-state index is 5.73. The monoisotopic (exact) mass is 295 g/mol. The molecular formula is C12H14BrN3O. The van der Waals surface area contributed by atoms with Crippen LogP contribution in [0.1, 0.15) is 19.3 Å². The molecule has 0 saturated carbocycles. The summed E-state index contributed by atoms with van der Waals surface area (Å²) in [6, 6.07) is 6.02. The van der Waals surface area contributed by atoms with E-state index in [1.54, 1.807) is 0 Å². The van der Waals surface area contributed by atoms with Crippen molar-refractivity contribution in [2.45, 2.75) is 31.9 Å². The highest BCUT2D eigenvalue weighted by Crippen LogP contribution is 2.20. The van der Waals surface area contributed by atoms with Crippen molar-refractivity contribution >= 4 is 27.0 Å². The first-order valence-corrected chi connectivity index (χ1v) is 6.72. The summed E-state index contributed by atoms with van der Waals surface area (Å²) in [5, 5.41) is 8.36. The zero-order valence-electron chi connectivity index (χ0n) is 9.47. The lowest BCUT2D eigenvalue weighted by Crippen LogP contribution is -2.24. The largest absolute Gasteiger partial charge is 0.376 e. The molecule has 3 rings (SSSR count). The summed E-state index contributed by atoms with van der Waals surface area (Å²) in [4.78, 5) is 0. The van der Waals surface area contributed by atoms with Crippen molar-refractivity contribution in [2.75, 3.05) is 6.61 Å². The van der Waals surface area contributed by atoms with Crippen LogP contribution in [-0.4, -0.2) is 27.7 Å². The van der Waals surface area contributed by atoms with E-state index < -0.39 is 0 Å². The highest BCUT2D eigenvalue weighted by Gasteiger charge is 2.16. The van der Waals surface area contributed by atoms with Gasteiger partial charge in [-0.3, -0.25) is 0 Å². The molecule has 1 unspecified atom stereocenters. The minimum absolute atomic E-state index is 0.285. The van der Waals surface area contributed by atoms with E-state index in [9.17, 15) is 0 Å². The molecule has 1 atom stereocenters. The molecule has 0 N–H and O–H groups in total. The average Bonchev–Trinajstić information content (AvgIpc) is 2.73. The van der Waals surface area contributed by atoms with Crippen LogP contribution < -0.4 is 0 Å². The van der Waals surface area contributed by atoms with Crippen LogP contribution >= 0.6 is 15.9 Å². The molecule has 1 saturated heterocycles. The summed E-state index contributed by atoms with van der Waals surface area (Å²) in [5.74, 6) is 0. The van der Waals surface area contributed by atoms with E-state index in [1.807, 2.05) is 16.8 Å². The molecule has 0 spiro atoms. The van der Waals surface area contributed by atoms with Gasteiger partial charge in [0.05, 0.1) is 18.2 Å². The molecular weight excluding hydrogens is 282 g/mol.